The Morgan fingerprint density at radius 3 is 2.48 bits per heavy atom. The molecule has 25 heavy (non-hydrogen) atoms. The van der Waals surface area contributed by atoms with Crippen LogP contribution in [0.2, 0.25) is 0 Å². The number of carbonyl (C=O) groups is 1. The number of methoxy groups -OCH3 is 1. The molecule has 1 fully saturated rings. The van der Waals surface area contributed by atoms with Crippen LogP contribution in [0, 0.1) is 5.82 Å². The normalized spacial score (nSPS) is 15.8. The fourth-order valence-electron chi connectivity index (χ4n) is 3.27. The molecule has 5 heteroatoms. The SMILES string of the molecule is COc1ccc(C(CNC(=O)c2ccccc2F)N2CCCC2)cc1. The molecule has 1 aliphatic heterocycles. The third kappa shape index (κ3) is 4.17. The van der Waals surface area contributed by atoms with Crippen molar-refractivity contribution in [3.05, 3.63) is 65.5 Å². The van der Waals surface area contributed by atoms with Crippen molar-refractivity contribution in [2.45, 2.75) is 18.9 Å². The van der Waals surface area contributed by atoms with Crippen LogP contribution in [0.3, 0.4) is 0 Å². The van der Waals surface area contributed by atoms with Crippen LogP contribution in [0.15, 0.2) is 48.5 Å². The Morgan fingerprint density at radius 1 is 1.16 bits per heavy atom. The van der Waals surface area contributed by atoms with Gasteiger partial charge in [-0.1, -0.05) is 24.3 Å². The predicted octanol–water partition coefficient (Wildman–Crippen LogP) is 3.40. The molecule has 0 spiro atoms. The van der Waals surface area contributed by atoms with E-state index < -0.39 is 5.82 Å². The first-order valence-corrected chi connectivity index (χ1v) is 8.60. The van der Waals surface area contributed by atoms with E-state index in [0.717, 1.165) is 37.2 Å². The van der Waals surface area contributed by atoms with Crippen molar-refractivity contribution in [2.75, 3.05) is 26.7 Å². The van der Waals surface area contributed by atoms with Gasteiger partial charge < -0.3 is 10.1 Å². The minimum Gasteiger partial charge on any atom is -0.497 e. The Kier molecular flexibility index (Phi) is 5.66. The predicted molar refractivity (Wildman–Crippen MR) is 95.3 cm³/mol. The summed E-state index contributed by atoms with van der Waals surface area (Å²) in [5.41, 5.74) is 1.20. The van der Waals surface area contributed by atoms with Crippen molar-refractivity contribution in [3.63, 3.8) is 0 Å². The summed E-state index contributed by atoms with van der Waals surface area (Å²) in [6.45, 7) is 2.46. The molecule has 1 amide bonds. The average molecular weight is 342 g/mol. The molecule has 0 radical (unpaired) electrons. The third-order valence-corrected chi connectivity index (χ3v) is 4.66. The van der Waals surface area contributed by atoms with E-state index in [2.05, 4.69) is 10.2 Å². The van der Waals surface area contributed by atoms with Gasteiger partial charge in [0.2, 0.25) is 0 Å². The molecule has 3 rings (SSSR count). The molecule has 1 N–H and O–H groups in total. The lowest BCUT2D eigenvalue weighted by Gasteiger charge is -2.28. The summed E-state index contributed by atoms with van der Waals surface area (Å²) in [4.78, 5) is 14.7. The Labute approximate surface area is 147 Å². The van der Waals surface area contributed by atoms with Crippen molar-refractivity contribution < 1.29 is 13.9 Å². The lowest BCUT2D eigenvalue weighted by molar-refractivity contribution is 0.0934. The fourth-order valence-corrected chi connectivity index (χ4v) is 3.27. The van der Waals surface area contributed by atoms with Gasteiger partial charge >= 0.3 is 0 Å². The number of likely N-dealkylation sites (tertiary alicyclic amines) is 1. The molecule has 2 aromatic rings. The number of rotatable bonds is 6. The van der Waals surface area contributed by atoms with Crippen molar-refractivity contribution in [3.8, 4) is 5.75 Å². The second-order valence-corrected chi connectivity index (χ2v) is 6.22. The van der Waals surface area contributed by atoms with E-state index >= 15 is 0 Å². The molecule has 0 aliphatic carbocycles. The van der Waals surface area contributed by atoms with Gasteiger partial charge in [0.25, 0.3) is 5.91 Å². The van der Waals surface area contributed by atoms with E-state index in [4.69, 9.17) is 4.74 Å². The zero-order valence-corrected chi connectivity index (χ0v) is 14.4. The maximum absolute atomic E-state index is 13.8. The van der Waals surface area contributed by atoms with E-state index in [9.17, 15) is 9.18 Å². The number of nitrogens with one attached hydrogen (secondary N) is 1. The Bertz CT molecular complexity index is 712. The lowest BCUT2D eigenvalue weighted by Crippen LogP contribution is -2.37. The Hall–Kier alpha value is -2.40. The van der Waals surface area contributed by atoms with Gasteiger partial charge in [0.05, 0.1) is 18.7 Å². The van der Waals surface area contributed by atoms with Gasteiger partial charge in [-0.15, -0.1) is 0 Å². The minimum atomic E-state index is -0.498. The van der Waals surface area contributed by atoms with Crippen molar-refractivity contribution in [1.82, 2.24) is 10.2 Å². The molecule has 0 bridgehead atoms. The van der Waals surface area contributed by atoms with Crippen LogP contribution < -0.4 is 10.1 Å². The fraction of sp³-hybridized carbons (Fsp3) is 0.350. The van der Waals surface area contributed by atoms with Gasteiger partial charge in [0.1, 0.15) is 11.6 Å². The molecular formula is C20H23FN2O2. The topological polar surface area (TPSA) is 41.6 Å². The zero-order chi connectivity index (χ0) is 17.6. The number of benzene rings is 2. The molecule has 1 saturated heterocycles. The zero-order valence-electron chi connectivity index (χ0n) is 14.4. The van der Waals surface area contributed by atoms with Crippen LogP contribution in [0.5, 0.6) is 5.75 Å². The van der Waals surface area contributed by atoms with E-state index in [-0.39, 0.29) is 17.5 Å². The number of hydrogen-bond donors (Lipinski definition) is 1. The van der Waals surface area contributed by atoms with E-state index in [1.54, 1.807) is 19.2 Å². The lowest BCUT2D eigenvalue weighted by atomic mass is 10.0. The highest BCUT2D eigenvalue weighted by atomic mass is 19.1. The summed E-state index contributed by atoms with van der Waals surface area (Å²) >= 11 is 0. The van der Waals surface area contributed by atoms with E-state index in [1.807, 2.05) is 24.3 Å². The molecule has 0 aromatic heterocycles. The standard InChI is InChI=1S/C20H23FN2O2/c1-25-16-10-8-15(9-11-16)19(23-12-4-5-13-23)14-22-20(24)17-6-2-3-7-18(17)21/h2-3,6-11,19H,4-5,12-14H2,1H3,(H,22,24). The molecule has 132 valence electrons. The molecule has 1 atom stereocenters. The van der Waals surface area contributed by atoms with Gasteiger partial charge in [-0.2, -0.15) is 0 Å². The van der Waals surface area contributed by atoms with Crippen LogP contribution in [0.4, 0.5) is 4.39 Å². The average Bonchev–Trinajstić information content (AvgIpc) is 3.17. The third-order valence-electron chi connectivity index (χ3n) is 4.66. The summed E-state index contributed by atoms with van der Waals surface area (Å²) in [5, 5.41) is 2.89. The number of amides is 1. The molecule has 0 saturated carbocycles. The van der Waals surface area contributed by atoms with Gasteiger partial charge in [-0.05, 0) is 55.8 Å². The summed E-state index contributed by atoms with van der Waals surface area (Å²) in [5.74, 6) is -0.0720. The monoisotopic (exact) mass is 342 g/mol. The Morgan fingerprint density at radius 2 is 1.84 bits per heavy atom. The smallest absolute Gasteiger partial charge is 0.254 e. The summed E-state index contributed by atoms with van der Waals surface area (Å²) < 4.78 is 19.0. The van der Waals surface area contributed by atoms with Crippen molar-refractivity contribution in [2.24, 2.45) is 0 Å². The van der Waals surface area contributed by atoms with Crippen molar-refractivity contribution >= 4 is 5.91 Å². The molecule has 1 heterocycles. The molecule has 2 aromatic carbocycles. The highest BCUT2D eigenvalue weighted by molar-refractivity contribution is 5.94. The quantitative estimate of drug-likeness (QED) is 0.875. The van der Waals surface area contributed by atoms with Crippen LogP contribution in [-0.4, -0.2) is 37.6 Å². The van der Waals surface area contributed by atoms with E-state index in [1.165, 1.54) is 12.1 Å². The number of ether oxygens (including phenoxy) is 1. The number of halogens is 1. The van der Waals surface area contributed by atoms with Gasteiger partial charge in [-0.3, -0.25) is 9.69 Å². The van der Waals surface area contributed by atoms with Crippen molar-refractivity contribution in [1.29, 1.82) is 0 Å². The first-order chi connectivity index (χ1) is 12.2. The maximum atomic E-state index is 13.8. The molecule has 4 nitrogen and oxygen atoms in total. The van der Waals surface area contributed by atoms with Gasteiger partial charge in [0.15, 0.2) is 0 Å². The summed E-state index contributed by atoms with van der Waals surface area (Å²) in [7, 11) is 1.64. The number of nitrogens with zero attached hydrogens (tertiary/aromatic N) is 1. The molecule has 1 aliphatic rings. The first kappa shape index (κ1) is 17.4. The molecule has 1 unspecified atom stereocenters. The van der Waals surface area contributed by atoms with Crippen LogP contribution in [0.1, 0.15) is 34.8 Å². The highest BCUT2D eigenvalue weighted by Crippen LogP contribution is 2.26. The van der Waals surface area contributed by atoms with Gasteiger partial charge in [-0.25, -0.2) is 4.39 Å². The second-order valence-electron chi connectivity index (χ2n) is 6.22. The van der Waals surface area contributed by atoms with Crippen LogP contribution in [0.25, 0.3) is 0 Å². The summed E-state index contributed by atoms with van der Waals surface area (Å²) in [6, 6.07) is 14.0. The summed E-state index contributed by atoms with van der Waals surface area (Å²) in [6.07, 6.45) is 2.32. The maximum Gasteiger partial charge on any atom is 0.254 e. The van der Waals surface area contributed by atoms with Gasteiger partial charge in [0, 0.05) is 6.54 Å². The Balaban J connectivity index is 1.73. The number of hydrogen-bond acceptors (Lipinski definition) is 3. The largest absolute Gasteiger partial charge is 0.497 e. The minimum absolute atomic E-state index is 0.0733. The first-order valence-electron chi connectivity index (χ1n) is 8.60. The highest BCUT2D eigenvalue weighted by Gasteiger charge is 2.24. The van der Waals surface area contributed by atoms with Crippen LogP contribution in [-0.2, 0) is 0 Å². The second kappa shape index (κ2) is 8.12. The number of carbonyl (C=O) groups excluding carboxylic acids is 1. The van der Waals surface area contributed by atoms with Crippen LogP contribution >= 0.6 is 0 Å². The molecular weight excluding hydrogens is 319 g/mol. The van der Waals surface area contributed by atoms with E-state index in [0.29, 0.717) is 6.54 Å².